The van der Waals surface area contributed by atoms with Gasteiger partial charge in [0.2, 0.25) is 0 Å². The summed E-state index contributed by atoms with van der Waals surface area (Å²) in [7, 11) is 0. The van der Waals surface area contributed by atoms with E-state index in [0.29, 0.717) is 0 Å². The number of hydrogen-bond acceptors (Lipinski definition) is 2. The lowest BCUT2D eigenvalue weighted by Crippen LogP contribution is -2.09. The number of furan rings is 1. The van der Waals surface area contributed by atoms with E-state index in [1.165, 1.54) is 44.2 Å². The molecule has 0 aliphatic carbocycles. The molecule has 1 heterocycles. The third kappa shape index (κ3) is 5.71. The average Bonchev–Trinajstić information content (AvgIpc) is 3.62. The third-order valence-electron chi connectivity index (χ3n) is 10.5. The van der Waals surface area contributed by atoms with Gasteiger partial charge in [-0.05, 0) is 110 Å². The Bertz CT molecular complexity index is 2800. The van der Waals surface area contributed by atoms with Crippen LogP contribution in [0, 0.1) is 0 Å². The second-order valence-corrected chi connectivity index (χ2v) is 13.7. The number of para-hydroxylation sites is 1. The van der Waals surface area contributed by atoms with Crippen molar-refractivity contribution < 1.29 is 4.42 Å². The van der Waals surface area contributed by atoms with Crippen LogP contribution in [0.15, 0.2) is 217 Å². The zero-order valence-electron chi connectivity index (χ0n) is 29.6. The smallest absolute Gasteiger partial charge is 0.136 e. The number of rotatable bonds is 7. The molecule has 0 saturated carbocycles. The number of benzene rings is 9. The first kappa shape index (κ1) is 31.6. The first-order valence-corrected chi connectivity index (χ1v) is 18.4. The lowest BCUT2D eigenvalue weighted by Gasteiger charge is -2.26. The molecule has 2 nitrogen and oxygen atoms in total. The Kier molecular flexibility index (Phi) is 7.85. The number of fused-ring (bicyclic) bond motifs is 4. The van der Waals surface area contributed by atoms with Crippen LogP contribution in [-0.2, 0) is 0 Å². The van der Waals surface area contributed by atoms with Gasteiger partial charge in [0.05, 0.1) is 0 Å². The summed E-state index contributed by atoms with van der Waals surface area (Å²) < 4.78 is 6.45. The number of nitrogens with zero attached hydrogens (tertiary/aromatic N) is 1. The molecule has 1 aromatic heterocycles. The molecule has 254 valence electrons. The normalized spacial score (nSPS) is 11.3. The lowest BCUT2D eigenvalue weighted by molar-refractivity contribution is 0.669. The van der Waals surface area contributed by atoms with Gasteiger partial charge in [0.15, 0.2) is 0 Å². The first-order chi connectivity index (χ1) is 26.8. The van der Waals surface area contributed by atoms with Crippen molar-refractivity contribution in [3.8, 4) is 44.5 Å². The van der Waals surface area contributed by atoms with Gasteiger partial charge in [-0.2, -0.15) is 0 Å². The van der Waals surface area contributed by atoms with Crippen LogP contribution in [0.3, 0.4) is 0 Å². The molecule has 0 atom stereocenters. The fourth-order valence-corrected chi connectivity index (χ4v) is 7.80. The molecule has 0 bridgehead atoms. The van der Waals surface area contributed by atoms with Crippen LogP contribution in [0.2, 0.25) is 0 Å². The summed E-state index contributed by atoms with van der Waals surface area (Å²) in [5, 5.41) is 4.70. The minimum Gasteiger partial charge on any atom is -0.456 e. The molecule has 0 N–H and O–H groups in total. The zero-order valence-corrected chi connectivity index (χ0v) is 29.6. The van der Waals surface area contributed by atoms with Crippen LogP contribution in [-0.4, -0.2) is 0 Å². The van der Waals surface area contributed by atoms with Crippen LogP contribution >= 0.6 is 0 Å². The van der Waals surface area contributed by atoms with Gasteiger partial charge in [-0.3, -0.25) is 0 Å². The highest BCUT2D eigenvalue weighted by atomic mass is 16.3. The third-order valence-corrected chi connectivity index (χ3v) is 10.5. The van der Waals surface area contributed by atoms with Gasteiger partial charge in [-0.1, -0.05) is 158 Å². The van der Waals surface area contributed by atoms with E-state index >= 15 is 0 Å². The minimum atomic E-state index is 0.887. The SMILES string of the molecule is c1ccc(-c2ccc(N(c3ccc(-c4ccccc4)cc3)c3ccc(-c4cc5oc6ccccc6c5cc4-c4cccc5ccccc45)cc3)cc2)cc1. The maximum absolute atomic E-state index is 6.45. The van der Waals surface area contributed by atoms with E-state index in [-0.39, 0.29) is 0 Å². The molecule has 10 aromatic rings. The number of anilines is 3. The van der Waals surface area contributed by atoms with Crippen LogP contribution in [0.25, 0.3) is 77.2 Å². The van der Waals surface area contributed by atoms with Crippen molar-refractivity contribution in [1.82, 2.24) is 0 Å². The van der Waals surface area contributed by atoms with Gasteiger partial charge < -0.3 is 9.32 Å². The van der Waals surface area contributed by atoms with Crippen LogP contribution in [0.5, 0.6) is 0 Å². The molecule has 9 aromatic carbocycles. The maximum atomic E-state index is 6.45. The van der Waals surface area contributed by atoms with E-state index in [0.717, 1.165) is 50.1 Å². The summed E-state index contributed by atoms with van der Waals surface area (Å²) in [6.07, 6.45) is 0. The van der Waals surface area contributed by atoms with Crippen LogP contribution in [0.4, 0.5) is 17.1 Å². The van der Waals surface area contributed by atoms with Gasteiger partial charge in [0, 0.05) is 27.8 Å². The lowest BCUT2D eigenvalue weighted by atomic mass is 9.90. The average molecular weight is 690 g/mol. The quantitative estimate of drug-likeness (QED) is 0.166. The Balaban J connectivity index is 1.10. The Morgan fingerprint density at radius 3 is 1.37 bits per heavy atom. The fraction of sp³-hybridized carbons (Fsp3) is 0. The van der Waals surface area contributed by atoms with Gasteiger partial charge in [0.25, 0.3) is 0 Å². The maximum Gasteiger partial charge on any atom is 0.136 e. The van der Waals surface area contributed by atoms with Gasteiger partial charge in [-0.15, -0.1) is 0 Å². The predicted molar refractivity (Wildman–Crippen MR) is 228 cm³/mol. The highest BCUT2D eigenvalue weighted by Gasteiger charge is 2.18. The summed E-state index contributed by atoms with van der Waals surface area (Å²) in [6.45, 7) is 0. The molecular weight excluding hydrogens is 655 g/mol. The Hall–Kier alpha value is -7.16. The monoisotopic (exact) mass is 689 g/mol. The highest BCUT2D eigenvalue weighted by molar-refractivity contribution is 6.11. The molecular formula is C52H35NO. The van der Waals surface area contributed by atoms with Gasteiger partial charge in [-0.25, -0.2) is 0 Å². The summed E-state index contributed by atoms with van der Waals surface area (Å²) in [4.78, 5) is 2.33. The van der Waals surface area contributed by atoms with Crippen molar-refractivity contribution in [2.75, 3.05) is 4.90 Å². The molecule has 0 amide bonds. The molecule has 0 unspecified atom stereocenters. The van der Waals surface area contributed by atoms with Crippen molar-refractivity contribution in [2.24, 2.45) is 0 Å². The van der Waals surface area contributed by atoms with Gasteiger partial charge >= 0.3 is 0 Å². The van der Waals surface area contributed by atoms with E-state index < -0.39 is 0 Å². The van der Waals surface area contributed by atoms with Crippen molar-refractivity contribution in [3.63, 3.8) is 0 Å². The molecule has 0 aliphatic rings. The second-order valence-electron chi connectivity index (χ2n) is 13.7. The topological polar surface area (TPSA) is 16.4 Å². The molecule has 0 radical (unpaired) electrons. The zero-order chi connectivity index (χ0) is 35.8. The molecule has 54 heavy (non-hydrogen) atoms. The van der Waals surface area contributed by atoms with E-state index in [2.05, 4.69) is 211 Å². The fourth-order valence-electron chi connectivity index (χ4n) is 7.80. The van der Waals surface area contributed by atoms with E-state index in [4.69, 9.17) is 4.42 Å². The van der Waals surface area contributed by atoms with Crippen LogP contribution < -0.4 is 4.90 Å². The van der Waals surface area contributed by atoms with Crippen LogP contribution in [0.1, 0.15) is 0 Å². The minimum absolute atomic E-state index is 0.887. The van der Waals surface area contributed by atoms with E-state index in [1.54, 1.807) is 0 Å². The number of hydrogen-bond donors (Lipinski definition) is 0. The highest BCUT2D eigenvalue weighted by Crippen LogP contribution is 2.43. The first-order valence-electron chi connectivity index (χ1n) is 18.4. The van der Waals surface area contributed by atoms with Crippen molar-refractivity contribution in [2.45, 2.75) is 0 Å². The standard InChI is InChI=1S/C52H35NO/c1-3-12-36(13-4-1)38-22-28-42(29-23-38)53(43-30-24-39(25-31-43)37-14-5-2-6-15-37)44-32-26-41(27-33-44)48-35-52-50(47-19-9-10-21-51(47)54-52)34-49(48)46-20-11-17-40-16-7-8-18-45(40)46/h1-35H. The summed E-state index contributed by atoms with van der Waals surface area (Å²) in [6, 6.07) is 75.9. The van der Waals surface area contributed by atoms with Crippen molar-refractivity contribution in [1.29, 1.82) is 0 Å². The molecule has 0 aliphatic heterocycles. The van der Waals surface area contributed by atoms with Crippen molar-refractivity contribution in [3.05, 3.63) is 212 Å². The second kappa shape index (κ2) is 13.4. The molecule has 0 saturated heterocycles. The van der Waals surface area contributed by atoms with E-state index in [1.807, 2.05) is 6.07 Å². The molecule has 0 fully saturated rings. The Morgan fingerprint density at radius 1 is 0.278 bits per heavy atom. The van der Waals surface area contributed by atoms with Crippen molar-refractivity contribution >= 4 is 49.8 Å². The van der Waals surface area contributed by atoms with Gasteiger partial charge in [0.1, 0.15) is 11.2 Å². The summed E-state index contributed by atoms with van der Waals surface area (Å²) in [5.41, 5.74) is 14.5. The van der Waals surface area contributed by atoms with E-state index in [9.17, 15) is 0 Å². The molecule has 10 rings (SSSR count). The Morgan fingerprint density at radius 2 is 0.759 bits per heavy atom. The largest absolute Gasteiger partial charge is 0.456 e. The molecule has 2 heteroatoms. The predicted octanol–water partition coefficient (Wildman–Crippen LogP) is 14.9. The summed E-state index contributed by atoms with van der Waals surface area (Å²) >= 11 is 0. The molecule has 0 spiro atoms. The summed E-state index contributed by atoms with van der Waals surface area (Å²) in [5.74, 6) is 0. The Labute approximate surface area is 314 Å².